The molecule has 2 atom stereocenters. The maximum Gasteiger partial charge on any atom is 0.408 e. The third-order valence-electron chi connectivity index (χ3n) is 2.94. The molecule has 6 N–H and O–H groups in total. The number of carbonyl (C=O) groups is 2. The lowest BCUT2D eigenvalue weighted by atomic mass is 10.2. The van der Waals surface area contributed by atoms with Gasteiger partial charge in [-0.2, -0.15) is 0 Å². The lowest BCUT2D eigenvalue weighted by molar-refractivity contribution is -0.527. The van der Waals surface area contributed by atoms with Crippen LogP contribution >= 0.6 is 0 Å². The van der Waals surface area contributed by atoms with Gasteiger partial charge in [0.15, 0.2) is 6.04 Å². The summed E-state index contributed by atoms with van der Waals surface area (Å²) < 4.78 is 9.93. The number of amides is 1. The summed E-state index contributed by atoms with van der Waals surface area (Å²) in [6.45, 7) is 3.81. The van der Waals surface area contributed by atoms with Crippen LogP contribution in [0.25, 0.3) is 0 Å². The Kier molecular flexibility index (Phi) is 12.8. The number of nitrogens with zero attached hydrogens (tertiary/aromatic N) is 2. The van der Waals surface area contributed by atoms with Crippen LogP contribution in [0.3, 0.4) is 0 Å². The zero-order valence-electron chi connectivity index (χ0n) is 16.0. The number of carbonyl (C=O) groups excluding carboxylic acids is 2. The summed E-state index contributed by atoms with van der Waals surface area (Å²) in [6.07, 6.45) is -0.929. The van der Waals surface area contributed by atoms with Crippen LogP contribution in [-0.4, -0.2) is 86.3 Å². The summed E-state index contributed by atoms with van der Waals surface area (Å²) in [4.78, 5) is 32.3. The van der Waals surface area contributed by atoms with Crippen molar-refractivity contribution in [1.29, 1.82) is 0 Å². The Balaban J connectivity index is 4.20. The van der Waals surface area contributed by atoms with Crippen molar-refractivity contribution in [2.45, 2.75) is 57.8 Å². The molecule has 0 spiro atoms. The number of unbranched alkanes of at least 4 members (excludes halogenated alkanes) is 1. The van der Waals surface area contributed by atoms with Crippen LogP contribution in [0.5, 0.6) is 0 Å². The molecule has 0 bridgehead atoms. The molecular weight excluding hydrogens is 386 g/mol. The van der Waals surface area contributed by atoms with Crippen LogP contribution in [0.2, 0.25) is 0 Å². The largest absolute Gasteiger partial charge is 0.464 e. The van der Waals surface area contributed by atoms with E-state index in [9.17, 15) is 14.7 Å². The molecule has 14 heteroatoms. The first-order valence-corrected chi connectivity index (χ1v) is 8.37. The summed E-state index contributed by atoms with van der Waals surface area (Å²) in [7, 11) is 0. The second-order valence-corrected chi connectivity index (χ2v) is 6.57. The molecule has 0 aliphatic rings. The minimum absolute atomic E-state index is 0.0486. The number of rotatable bonds is 13. The second-order valence-electron chi connectivity index (χ2n) is 6.57. The van der Waals surface area contributed by atoms with Crippen LogP contribution in [0, 0.1) is 0 Å². The van der Waals surface area contributed by atoms with Crippen LogP contribution < -0.4 is 5.32 Å². The number of hydrogen-bond acceptors (Lipinski definition) is 13. The average molecular weight is 415 g/mol. The smallest absolute Gasteiger partial charge is 0.408 e. The monoisotopic (exact) mass is 415 g/mol. The predicted molar refractivity (Wildman–Crippen MR) is 86.7 cm³/mol. The van der Waals surface area contributed by atoms with E-state index in [1.807, 2.05) is 0 Å². The fraction of sp³-hybridized carbons (Fsp3) is 0.857. The first kappa shape index (κ1) is 26.4. The van der Waals surface area contributed by atoms with Crippen LogP contribution in [0.4, 0.5) is 4.79 Å². The van der Waals surface area contributed by atoms with Crippen molar-refractivity contribution in [2.24, 2.45) is 0 Å². The second kappa shape index (κ2) is 13.5. The molecule has 0 aromatic heterocycles. The number of aliphatic hydroxyl groups is 1. The van der Waals surface area contributed by atoms with E-state index < -0.39 is 53.8 Å². The van der Waals surface area contributed by atoms with Crippen molar-refractivity contribution in [3.8, 4) is 0 Å². The Bertz CT molecular complexity index is 456. The van der Waals surface area contributed by atoms with Gasteiger partial charge in [-0.3, -0.25) is 20.8 Å². The molecule has 2 unspecified atom stereocenters. The quantitative estimate of drug-likeness (QED) is 0.134. The summed E-state index contributed by atoms with van der Waals surface area (Å²) in [6, 6.07) is -1.28. The Hall–Kier alpha value is -1.62. The van der Waals surface area contributed by atoms with Crippen molar-refractivity contribution in [3.63, 3.8) is 0 Å². The van der Waals surface area contributed by atoms with E-state index in [0.717, 1.165) is 0 Å². The molecule has 0 rings (SSSR count). The van der Waals surface area contributed by atoms with E-state index >= 15 is 0 Å². The van der Waals surface area contributed by atoms with Gasteiger partial charge in [0.2, 0.25) is 0 Å². The number of alkyl carbamates (subject to hydrolysis) is 1. The first-order valence-electron chi connectivity index (χ1n) is 8.37. The fourth-order valence-corrected chi connectivity index (χ4v) is 1.83. The van der Waals surface area contributed by atoms with Crippen LogP contribution in [-0.2, 0) is 23.9 Å². The molecule has 0 aliphatic heterocycles. The summed E-state index contributed by atoms with van der Waals surface area (Å²) in [5, 5.41) is 44.5. The van der Waals surface area contributed by atoms with Gasteiger partial charge in [0, 0.05) is 0 Å². The number of esters is 1. The van der Waals surface area contributed by atoms with E-state index in [1.165, 1.54) is 0 Å². The van der Waals surface area contributed by atoms with Crippen molar-refractivity contribution in [3.05, 3.63) is 0 Å². The molecule has 0 saturated heterocycles. The number of hydrogen-bond donors (Lipinski definition) is 6. The fourth-order valence-electron chi connectivity index (χ4n) is 1.83. The molecule has 0 heterocycles. The average Bonchev–Trinajstić information content (AvgIpc) is 2.54. The number of nitrogens with one attached hydrogen (secondary N) is 1. The van der Waals surface area contributed by atoms with Gasteiger partial charge in [-0.1, -0.05) is 0 Å². The van der Waals surface area contributed by atoms with Gasteiger partial charge in [0.05, 0.1) is 24.0 Å². The maximum absolute atomic E-state index is 11.9. The van der Waals surface area contributed by atoms with Crippen LogP contribution in [0.1, 0.15) is 40.0 Å². The highest BCUT2D eigenvalue weighted by Gasteiger charge is 2.25. The van der Waals surface area contributed by atoms with Crippen molar-refractivity contribution in [2.75, 3.05) is 19.8 Å². The van der Waals surface area contributed by atoms with Crippen molar-refractivity contribution >= 4 is 12.1 Å². The summed E-state index contributed by atoms with van der Waals surface area (Å²) in [5.41, 5.74) is -0.766. The van der Waals surface area contributed by atoms with Crippen LogP contribution in [0.15, 0.2) is 0 Å². The van der Waals surface area contributed by atoms with Gasteiger partial charge in [0.1, 0.15) is 18.3 Å². The van der Waals surface area contributed by atoms with Gasteiger partial charge in [0.25, 0.3) is 0 Å². The minimum atomic E-state index is -1.28. The Morgan fingerprint density at radius 2 is 1.71 bits per heavy atom. The normalized spacial score (nSPS) is 14.1. The molecule has 0 aliphatic carbocycles. The van der Waals surface area contributed by atoms with Gasteiger partial charge in [-0.05, 0) is 40.0 Å². The topological polar surface area (TPSA) is 191 Å². The van der Waals surface area contributed by atoms with Gasteiger partial charge < -0.3 is 19.9 Å². The molecule has 1 amide bonds. The standard InChI is InChI=1S/C14H29N3O11/c1-14(2,3)27-13(20)15-11(8-18)12(19)25-7-5-4-6-10(28-17(23)24)9-26-16(21)22/h10-11,18,21-24H,4-9H2,1-3H3,(H,15,20). The maximum atomic E-state index is 11.9. The van der Waals surface area contributed by atoms with E-state index in [4.69, 9.17) is 30.3 Å². The number of ether oxygens (including phenoxy) is 2. The van der Waals surface area contributed by atoms with Gasteiger partial charge in [-0.25, -0.2) is 19.3 Å². The molecule has 0 radical (unpaired) electrons. The molecule has 0 saturated carbocycles. The zero-order chi connectivity index (χ0) is 21.7. The molecule has 0 fully saturated rings. The zero-order valence-corrected chi connectivity index (χ0v) is 16.0. The molecule has 0 aromatic rings. The first-order chi connectivity index (χ1) is 12.9. The Morgan fingerprint density at radius 1 is 1.07 bits per heavy atom. The molecule has 14 nitrogen and oxygen atoms in total. The van der Waals surface area contributed by atoms with E-state index in [2.05, 4.69) is 15.0 Å². The van der Waals surface area contributed by atoms with Crippen molar-refractivity contribution < 1.29 is 54.7 Å². The highest BCUT2D eigenvalue weighted by molar-refractivity contribution is 5.81. The van der Waals surface area contributed by atoms with Crippen molar-refractivity contribution in [1.82, 2.24) is 16.1 Å². The SMILES string of the molecule is CC(C)(C)OC(=O)NC(CO)C(=O)OCCCCC(CON(O)O)ON(O)O. The lowest BCUT2D eigenvalue weighted by Gasteiger charge is -2.22. The van der Waals surface area contributed by atoms with E-state index in [0.29, 0.717) is 12.8 Å². The molecular formula is C14H29N3O11. The summed E-state index contributed by atoms with van der Waals surface area (Å²) >= 11 is 0. The highest BCUT2D eigenvalue weighted by atomic mass is 17.1. The lowest BCUT2D eigenvalue weighted by Crippen LogP contribution is -2.46. The number of aliphatic hydroxyl groups excluding tert-OH is 1. The molecule has 0 aromatic carbocycles. The van der Waals surface area contributed by atoms with Gasteiger partial charge in [-0.15, -0.1) is 0 Å². The predicted octanol–water partition coefficient (Wildman–Crippen LogP) is -0.0219. The molecule has 28 heavy (non-hydrogen) atoms. The summed E-state index contributed by atoms with van der Waals surface area (Å²) in [5.74, 6) is -0.849. The Labute approximate surface area is 161 Å². The minimum Gasteiger partial charge on any atom is -0.464 e. The highest BCUT2D eigenvalue weighted by Crippen LogP contribution is 2.09. The third kappa shape index (κ3) is 14.4. The van der Waals surface area contributed by atoms with Gasteiger partial charge >= 0.3 is 12.1 Å². The third-order valence-corrected chi connectivity index (χ3v) is 2.94. The van der Waals surface area contributed by atoms with E-state index in [1.54, 1.807) is 20.8 Å². The molecule has 166 valence electrons. The Morgan fingerprint density at radius 3 is 2.21 bits per heavy atom. The van der Waals surface area contributed by atoms with E-state index in [-0.39, 0.29) is 13.0 Å².